The van der Waals surface area contributed by atoms with E-state index < -0.39 is 0 Å². The third-order valence-corrected chi connectivity index (χ3v) is 3.11. The molecule has 0 aromatic heterocycles. The molecule has 114 valence electrons. The van der Waals surface area contributed by atoms with Crippen LogP contribution in [-0.4, -0.2) is 0 Å². The number of rotatable bonds is 8. The molecule has 1 heteroatoms. The van der Waals surface area contributed by atoms with E-state index in [1.165, 1.54) is 5.70 Å². The molecule has 1 aromatic rings. The Kier molecular flexibility index (Phi) is 8.14. The fourth-order valence-electron chi connectivity index (χ4n) is 2.13. The average molecular weight is 291 g/mol. The van der Waals surface area contributed by atoms with Crippen LogP contribution in [0.15, 0.2) is 103 Å². The van der Waals surface area contributed by atoms with Crippen LogP contribution in [0.3, 0.4) is 0 Å². The molecule has 0 aliphatic heterocycles. The molecule has 0 radical (unpaired) electrons. The third-order valence-electron chi connectivity index (χ3n) is 3.11. The summed E-state index contributed by atoms with van der Waals surface area (Å²) >= 11 is 0. The quantitative estimate of drug-likeness (QED) is 0.408. The highest BCUT2D eigenvalue weighted by Crippen LogP contribution is 2.26. The van der Waals surface area contributed by atoms with Crippen molar-refractivity contribution in [2.75, 3.05) is 4.90 Å². The summed E-state index contributed by atoms with van der Waals surface area (Å²) in [7, 11) is 0. The largest absolute Gasteiger partial charge is 0.318 e. The molecule has 0 spiro atoms. The second-order valence-electron chi connectivity index (χ2n) is 4.77. The summed E-state index contributed by atoms with van der Waals surface area (Å²) in [5.74, 6) is 0. The molecule has 0 saturated heterocycles. The first-order chi connectivity index (χ1) is 10.7. The Balaban J connectivity index is 3.28. The van der Waals surface area contributed by atoms with Crippen molar-refractivity contribution in [1.29, 1.82) is 0 Å². The SMILES string of the molecule is C=C/C=C\C=C(/C)N(/C(=C/C=C)C/C=C/C)c1ccccc1. The number of para-hydroxylation sites is 1. The van der Waals surface area contributed by atoms with Crippen molar-refractivity contribution < 1.29 is 0 Å². The van der Waals surface area contributed by atoms with Gasteiger partial charge in [0.1, 0.15) is 0 Å². The van der Waals surface area contributed by atoms with Gasteiger partial charge in [0.05, 0.1) is 0 Å². The van der Waals surface area contributed by atoms with E-state index in [1.54, 1.807) is 6.08 Å². The highest BCUT2D eigenvalue weighted by Gasteiger charge is 2.12. The lowest BCUT2D eigenvalue weighted by Crippen LogP contribution is -2.20. The van der Waals surface area contributed by atoms with Gasteiger partial charge in [-0.2, -0.15) is 0 Å². The number of anilines is 1. The molecule has 0 atom stereocenters. The minimum atomic E-state index is 0.855. The zero-order chi connectivity index (χ0) is 16.2. The maximum atomic E-state index is 3.85. The molecule has 1 aromatic carbocycles. The van der Waals surface area contributed by atoms with Gasteiger partial charge in [-0.1, -0.05) is 67.8 Å². The Hall–Kier alpha value is -2.54. The van der Waals surface area contributed by atoms with Gasteiger partial charge >= 0.3 is 0 Å². The van der Waals surface area contributed by atoms with Gasteiger partial charge in [-0.15, -0.1) is 0 Å². The van der Waals surface area contributed by atoms with Crippen molar-refractivity contribution in [1.82, 2.24) is 0 Å². The lowest BCUT2D eigenvalue weighted by Gasteiger charge is -2.28. The Labute approximate surface area is 135 Å². The van der Waals surface area contributed by atoms with Crippen molar-refractivity contribution in [3.05, 3.63) is 103 Å². The fraction of sp³-hybridized carbons (Fsp3) is 0.143. The Morgan fingerprint density at radius 1 is 1.05 bits per heavy atom. The molecule has 0 bridgehead atoms. The Morgan fingerprint density at radius 2 is 1.77 bits per heavy atom. The zero-order valence-electron chi connectivity index (χ0n) is 13.6. The molecule has 0 N–H and O–H groups in total. The molecule has 0 aliphatic rings. The third kappa shape index (κ3) is 5.45. The van der Waals surface area contributed by atoms with Crippen LogP contribution >= 0.6 is 0 Å². The number of hydrogen-bond acceptors (Lipinski definition) is 1. The normalized spacial score (nSPS) is 12.8. The maximum Gasteiger partial charge on any atom is 0.0455 e. The van der Waals surface area contributed by atoms with Crippen LogP contribution in [0.4, 0.5) is 5.69 Å². The van der Waals surface area contributed by atoms with Gasteiger partial charge < -0.3 is 4.90 Å². The number of hydrogen-bond donors (Lipinski definition) is 0. The van der Waals surface area contributed by atoms with Crippen LogP contribution in [0.1, 0.15) is 20.3 Å². The van der Waals surface area contributed by atoms with Crippen molar-refractivity contribution in [2.24, 2.45) is 0 Å². The first-order valence-electron chi connectivity index (χ1n) is 7.48. The molecule has 0 fully saturated rings. The smallest absolute Gasteiger partial charge is 0.0455 e. The molecule has 0 aliphatic carbocycles. The van der Waals surface area contributed by atoms with E-state index in [0.717, 1.165) is 17.8 Å². The van der Waals surface area contributed by atoms with Gasteiger partial charge in [0, 0.05) is 23.5 Å². The molecule has 0 heterocycles. The van der Waals surface area contributed by atoms with Gasteiger partial charge in [0.2, 0.25) is 0 Å². The topological polar surface area (TPSA) is 3.24 Å². The van der Waals surface area contributed by atoms with E-state index in [4.69, 9.17) is 0 Å². The first-order valence-corrected chi connectivity index (χ1v) is 7.48. The molecule has 0 amide bonds. The number of allylic oxidation sites excluding steroid dienone is 9. The summed E-state index contributed by atoms with van der Waals surface area (Å²) in [6.07, 6.45) is 16.7. The summed E-state index contributed by atoms with van der Waals surface area (Å²) in [5.41, 5.74) is 3.46. The fourth-order valence-corrected chi connectivity index (χ4v) is 2.13. The minimum Gasteiger partial charge on any atom is -0.318 e. The van der Waals surface area contributed by atoms with Crippen LogP contribution in [0, 0.1) is 0 Å². The standard InChI is InChI=1S/C21H25N/c1-5-8-11-15-19(4)22(21-17-12-10-13-18-21)20(14-7-3)16-9-6-2/h5-15,17-18H,1,3,16H2,2,4H3/b9-6+,11-8-,19-15+,20-14+. The Bertz CT molecular complexity index is 586. The minimum absolute atomic E-state index is 0.855. The van der Waals surface area contributed by atoms with Crippen LogP contribution < -0.4 is 4.90 Å². The molecular weight excluding hydrogens is 266 g/mol. The zero-order valence-corrected chi connectivity index (χ0v) is 13.6. The van der Waals surface area contributed by atoms with Crippen molar-refractivity contribution in [3.8, 4) is 0 Å². The summed E-state index contributed by atoms with van der Waals surface area (Å²) in [6, 6.07) is 10.4. The highest BCUT2D eigenvalue weighted by atomic mass is 15.1. The van der Waals surface area contributed by atoms with Crippen LogP contribution in [0.2, 0.25) is 0 Å². The summed E-state index contributed by atoms with van der Waals surface area (Å²) < 4.78 is 0. The van der Waals surface area contributed by atoms with Crippen molar-refractivity contribution >= 4 is 5.69 Å². The number of benzene rings is 1. The van der Waals surface area contributed by atoms with Gasteiger partial charge in [-0.05, 0) is 38.1 Å². The average Bonchev–Trinajstić information content (AvgIpc) is 2.54. The lowest BCUT2D eigenvalue weighted by molar-refractivity contribution is 1.01. The second kappa shape index (κ2) is 10.2. The summed E-state index contributed by atoms with van der Waals surface area (Å²) in [5, 5.41) is 0. The highest BCUT2D eigenvalue weighted by molar-refractivity contribution is 5.58. The summed E-state index contributed by atoms with van der Waals surface area (Å²) in [6.45, 7) is 11.7. The second-order valence-corrected chi connectivity index (χ2v) is 4.77. The molecule has 0 unspecified atom stereocenters. The summed E-state index contributed by atoms with van der Waals surface area (Å²) in [4.78, 5) is 2.25. The van der Waals surface area contributed by atoms with E-state index in [0.29, 0.717) is 0 Å². The predicted octanol–water partition coefficient (Wildman–Crippen LogP) is 6.18. The van der Waals surface area contributed by atoms with E-state index >= 15 is 0 Å². The molecule has 0 saturated carbocycles. The van der Waals surface area contributed by atoms with E-state index in [2.05, 4.69) is 73.6 Å². The molecule has 1 nitrogen and oxygen atoms in total. The van der Waals surface area contributed by atoms with Gasteiger partial charge in [0.25, 0.3) is 0 Å². The van der Waals surface area contributed by atoms with Crippen molar-refractivity contribution in [2.45, 2.75) is 20.3 Å². The van der Waals surface area contributed by atoms with Gasteiger partial charge in [-0.25, -0.2) is 0 Å². The predicted molar refractivity (Wildman–Crippen MR) is 99.7 cm³/mol. The monoisotopic (exact) mass is 291 g/mol. The van der Waals surface area contributed by atoms with E-state index in [1.807, 2.05) is 31.2 Å². The first kappa shape index (κ1) is 17.5. The van der Waals surface area contributed by atoms with Crippen LogP contribution in [0.25, 0.3) is 0 Å². The van der Waals surface area contributed by atoms with E-state index in [-0.39, 0.29) is 0 Å². The van der Waals surface area contributed by atoms with Crippen LogP contribution in [-0.2, 0) is 0 Å². The molecule has 22 heavy (non-hydrogen) atoms. The number of nitrogens with zero attached hydrogens (tertiary/aromatic N) is 1. The lowest BCUT2D eigenvalue weighted by atomic mass is 10.1. The van der Waals surface area contributed by atoms with E-state index in [9.17, 15) is 0 Å². The maximum absolute atomic E-state index is 3.85. The van der Waals surface area contributed by atoms with Crippen LogP contribution in [0.5, 0.6) is 0 Å². The molecular formula is C21H25N. The van der Waals surface area contributed by atoms with Crippen molar-refractivity contribution in [3.63, 3.8) is 0 Å². The van der Waals surface area contributed by atoms with Gasteiger partial charge in [-0.3, -0.25) is 0 Å². The Morgan fingerprint density at radius 3 is 2.36 bits per heavy atom. The van der Waals surface area contributed by atoms with Gasteiger partial charge in [0.15, 0.2) is 0 Å². The molecule has 1 rings (SSSR count).